The lowest BCUT2D eigenvalue weighted by Gasteiger charge is -2.22. The van der Waals surface area contributed by atoms with E-state index in [0.29, 0.717) is 0 Å². The summed E-state index contributed by atoms with van der Waals surface area (Å²) in [6.45, 7) is 3.69. The summed E-state index contributed by atoms with van der Waals surface area (Å²) in [6, 6.07) is 6.44. The second kappa shape index (κ2) is 5.44. The largest absolute Gasteiger partial charge is 0.493 e. The summed E-state index contributed by atoms with van der Waals surface area (Å²) in [7, 11) is 1.87. The van der Waals surface area contributed by atoms with Crippen LogP contribution in [0.2, 0.25) is 0 Å². The minimum atomic E-state index is -0.0449. The number of fused-ring (bicyclic) bond motifs is 1. The third-order valence-electron chi connectivity index (χ3n) is 4.33. The number of ether oxygens (including phenoxy) is 1. The SMILES string of the molecule is Cc1cccc2c1OCCCC2NC1CCN(C)C1=O. The molecular formula is C16H22N2O2. The maximum absolute atomic E-state index is 12.1. The molecule has 0 aromatic heterocycles. The first-order valence-electron chi connectivity index (χ1n) is 7.40. The number of aryl methyl sites for hydroxylation is 1. The van der Waals surface area contributed by atoms with Gasteiger partial charge in [-0.25, -0.2) is 0 Å². The third-order valence-corrected chi connectivity index (χ3v) is 4.33. The van der Waals surface area contributed by atoms with Crippen molar-refractivity contribution in [1.29, 1.82) is 0 Å². The maximum atomic E-state index is 12.1. The van der Waals surface area contributed by atoms with E-state index in [-0.39, 0.29) is 18.0 Å². The number of hydrogen-bond donors (Lipinski definition) is 1. The number of nitrogens with one attached hydrogen (secondary N) is 1. The fraction of sp³-hybridized carbons (Fsp3) is 0.562. The Balaban J connectivity index is 1.84. The zero-order chi connectivity index (χ0) is 14.1. The maximum Gasteiger partial charge on any atom is 0.239 e. The Bertz CT molecular complexity index is 515. The van der Waals surface area contributed by atoms with Crippen LogP contribution in [0.5, 0.6) is 5.75 Å². The standard InChI is InChI=1S/C16H22N2O2/c1-11-5-3-6-12-13(7-4-10-20-15(11)12)17-14-8-9-18(2)16(14)19/h3,5-6,13-14,17H,4,7-10H2,1-2H3. The quantitative estimate of drug-likeness (QED) is 0.897. The second-order valence-corrected chi connectivity index (χ2v) is 5.80. The van der Waals surface area contributed by atoms with Crippen LogP contribution in [-0.2, 0) is 4.79 Å². The lowest BCUT2D eigenvalue weighted by molar-refractivity contribution is -0.128. The van der Waals surface area contributed by atoms with Gasteiger partial charge >= 0.3 is 0 Å². The van der Waals surface area contributed by atoms with Crippen molar-refractivity contribution < 1.29 is 9.53 Å². The minimum Gasteiger partial charge on any atom is -0.493 e. The molecule has 2 heterocycles. The molecule has 0 spiro atoms. The van der Waals surface area contributed by atoms with Gasteiger partial charge in [-0.2, -0.15) is 0 Å². The van der Waals surface area contributed by atoms with Crippen LogP contribution in [0, 0.1) is 6.92 Å². The number of amides is 1. The van der Waals surface area contributed by atoms with Gasteiger partial charge in [-0.15, -0.1) is 0 Å². The Hall–Kier alpha value is -1.55. The Kier molecular flexibility index (Phi) is 3.66. The van der Waals surface area contributed by atoms with E-state index in [2.05, 4.69) is 30.4 Å². The van der Waals surface area contributed by atoms with Crippen molar-refractivity contribution in [2.24, 2.45) is 0 Å². The van der Waals surface area contributed by atoms with E-state index < -0.39 is 0 Å². The Labute approximate surface area is 120 Å². The van der Waals surface area contributed by atoms with E-state index in [1.54, 1.807) is 0 Å². The molecule has 1 N–H and O–H groups in total. The van der Waals surface area contributed by atoms with E-state index >= 15 is 0 Å². The van der Waals surface area contributed by atoms with Crippen molar-refractivity contribution in [1.82, 2.24) is 10.2 Å². The molecule has 2 atom stereocenters. The van der Waals surface area contributed by atoms with Crippen molar-refractivity contribution in [3.63, 3.8) is 0 Å². The van der Waals surface area contributed by atoms with E-state index in [1.165, 1.54) is 11.1 Å². The molecule has 0 radical (unpaired) electrons. The van der Waals surface area contributed by atoms with Crippen LogP contribution in [0.15, 0.2) is 18.2 Å². The summed E-state index contributed by atoms with van der Waals surface area (Å²) in [4.78, 5) is 13.9. The van der Waals surface area contributed by atoms with Crippen LogP contribution < -0.4 is 10.1 Å². The molecule has 1 saturated heterocycles. The molecule has 2 aliphatic rings. The van der Waals surface area contributed by atoms with E-state index in [4.69, 9.17) is 4.74 Å². The molecule has 1 aromatic rings. The summed E-state index contributed by atoms with van der Waals surface area (Å²) in [6.07, 6.45) is 2.93. The van der Waals surface area contributed by atoms with Gasteiger partial charge < -0.3 is 9.64 Å². The van der Waals surface area contributed by atoms with Crippen molar-refractivity contribution in [3.05, 3.63) is 29.3 Å². The molecule has 3 rings (SSSR count). The van der Waals surface area contributed by atoms with Gasteiger partial charge in [0.05, 0.1) is 12.6 Å². The van der Waals surface area contributed by atoms with E-state index in [0.717, 1.165) is 38.2 Å². The molecular weight excluding hydrogens is 252 g/mol. The average molecular weight is 274 g/mol. The highest BCUT2D eigenvalue weighted by Gasteiger charge is 2.32. The molecule has 1 fully saturated rings. The summed E-state index contributed by atoms with van der Waals surface area (Å²) >= 11 is 0. The molecule has 20 heavy (non-hydrogen) atoms. The molecule has 108 valence electrons. The van der Waals surface area contributed by atoms with Gasteiger partial charge in [0, 0.05) is 25.2 Å². The van der Waals surface area contributed by atoms with Gasteiger partial charge in [0.25, 0.3) is 0 Å². The smallest absolute Gasteiger partial charge is 0.239 e. The molecule has 1 aromatic carbocycles. The Morgan fingerprint density at radius 3 is 2.90 bits per heavy atom. The number of hydrogen-bond acceptors (Lipinski definition) is 3. The zero-order valence-corrected chi connectivity index (χ0v) is 12.2. The number of rotatable bonds is 2. The molecule has 1 amide bonds. The van der Waals surface area contributed by atoms with E-state index in [1.807, 2.05) is 11.9 Å². The van der Waals surface area contributed by atoms with Crippen molar-refractivity contribution in [2.45, 2.75) is 38.3 Å². The number of carbonyl (C=O) groups excluding carboxylic acids is 1. The third kappa shape index (κ3) is 2.40. The number of likely N-dealkylation sites (tertiary alicyclic amines) is 1. The lowest BCUT2D eigenvalue weighted by Crippen LogP contribution is -2.39. The monoisotopic (exact) mass is 274 g/mol. The highest BCUT2D eigenvalue weighted by atomic mass is 16.5. The molecule has 2 unspecified atom stereocenters. The number of likely N-dealkylation sites (N-methyl/N-ethyl adjacent to an activating group) is 1. The normalized spacial score (nSPS) is 26.1. The first-order valence-corrected chi connectivity index (χ1v) is 7.40. The van der Waals surface area contributed by atoms with Gasteiger partial charge in [-0.3, -0.25) is 10.1 Å². The van der Waals surface area contributed by atoms with Crippen molar-refractivity contribution in [3.8, 4) is 5.75 Å². The summed E-state index contributed by atoms with van der Waals surface area (Å²) < 4.78 is 5.89. The van der Waals surface area contributed by atoms with Crippen molar-refractivity contribution >= 4 is 5.91 Å². The van der Waals surface area contributed by atoms with Crippen LogP contribution in [0.3, 0.4) is 0 Å². The van der Waals surface area contributed by atoms with Gasteiger partial charge in [-0.1, -0.05) is 18.2 Å². The Morgan fingerprint density at radius 2 is 2.15 bits per heavy atom. The van der Waals surface area contributed by atoms with Crippen LogP contribution in [0.25, 0.3) is 0 Å². The number of nitrogens with zero attached hydrogens (tertiary/aromatic N) is 1. The summed E-state index contributed by atoms with van der Waals surface area (Å²) in [5, 5.41) is 3.55. The topological polar surface area (TPSA) is 41.6 Å². The van der Waals surface area contributed by atoms with Gasteiger partial charge in [0.1, 0.15) is 5.75 Å². The predicted molar refractivity (Wildman–Crippen MR) is 77.8 cm³/mol. The van der Waals surface area contributed by atoms with E-state index in [9.17, 15) is 4.79 Å². The van der Waals surface area contributed by atoms with Crippen LogP contribution in [-0.4, -0.2) is 37.0 Å². The van der Waals surface area contributed by atoms with Gasteiger partial charge in [0.2, 0.25) is 5.91 Å². The molecule has 0 saturated carbocycles. The summed E-state index contributed by atoms with van der Waals surface area (Å²) in [5.74, 6) is 1.21. The molecule has 4 heteroatoms. The number of benzene rings is 1. The lowest BCUT2D eigenvalue weighted by atomic mass is 9.98. The van der Waals surface area contributed by atoms with Gasteiger partial charge in [0.15, 0.2) is 0 Å². The number of para-hydroxylation sites is 1. The Morgan fingerprint density at radius 1 is 1.30 bits per heavy atom. The molecule has 0 bridgehead atoms. The highest BCUT2D eigenvalue weighted by Crippen LogP contribution is 2.34. The van der Waals surface area contributed by atoms with Crippen LogP contribution >= 0.6 is 0 Å². The van der Waals surface area contributed by atoms with Crippen molar-refractivity contribution in [2.75, 3.05) is 20.2 Å². The molecule has 2 aliphatic heterocycles. The predicted octanol–water partition coefficient (Wildman–Crippen LogP) is 2.03. The van der Waals surface area contributed by atoms with Gasteiger partial charge in [-0.05, 0) is 31.7 Å². The van der Waals surface area contributed by atoms with Crippen LogP contribution in [0.4, 0.5) is 0 Å². The first-order chi connectivity index (χ1) is 9.66. The molecule has 0 aliphatic carbocycles. The van der Waals surface area contributed by atoms with Crippen LogP contribution in [0.1, 0.15) is 36.4 Å². The fourth-order valence-electron chi connectivity index (χ4n) is 3.16. The number of carbonyl (C=O) groups is 1. The molecule has 4 nitrogen and oxygen atoms in total. The zero-order valence-electron chi connectivity index (χ0n) is 12.2. The first kappa shape index (κ1) is 13.4. The highest BCUT2D eigenvalue weighted by molar-refractivity contribution is 5.83. The minimum absolute atomic E-state index is 0.0449. The average Bonchev–Trinajstić information content (AvgIpc) is 2.66. The fourth-order valence-corrected chi connectivity index (χ4v) is 3.16. The summed E-state index contributed by atoms with van der Waals surface area (Å²) in [5.41, 5.74) is 2.37. The second-order valence-electron chi connectivity index (χ2n) is 5.80.